The predicted molar refractivity (Wildman–Crippen MR) is 80.8 cm³/mol. The van der Waals surface area contributed by atoms with Crippen LogP contribution in [0, 0.1) is 5.92 Å². The Morgan fingerprint density at radius 2 is 2.00 bits per heavy atom. The second-order valence-corrected chi connectivity index (χ2v) is 6.87. The molecule has 1 heterocycles. The van der Waals surface area contributed by atoms with E-state index in [0.29, 0.717) is 13.0 Å². The van der Waals surface area contributed by atoms with Gasteiger partial charge in [-0.1, -0.05) is 6.92 Å². The molecule has 2 aliphatic rings. The normalized spacial score (nSPS) is 34.8. The molecule has 2 fully saturated rings. The molecule has 5 nitrogen and oxygen atoms in total. The van der Waals surface area contributed by atoms with Crippen molar-refractivity contribution in [1.29, 1.82) is 0 Å². The van der Waals surface area contributed by atoms with Crippen LogP contribution in [0.5, 0.6) is 0 Å². The van der Waals surface area contributed by atoms with Gasteiger partial charge in [-0.25, -0.2) is 0 Å². The van der Waals surface area contributed by atoms with Gasteiger partial charge in [0.25, 0.3) is 0 Å². The van der Waals surface area contributed by atoms with Gasteiger partial charge in [0.2, 0.25) is 11.8 Å². The molecule has 0 aromatic carbocycles. The summed E-state index contributed by atoms with van der Waals surface area (Å²) in [6, 6.07) is -0.0000231. The molecule has 0 aromatic rings. The van der Waals surface area contributed by atoms with Crippen LogP contribution < -0.4 is 5.32 Å². The first-order valence-corrected chi connectivity index (χ1v) is 7.96. The van der Waals surface area contributed by atoms with Crippen molar-refractivity contribution < 1.29 is 14.3 Å². The molecule has 1 aliphatic carbocycles. The van der Waals surface area contributed by atoms with Gasteiger partial charge >= 0.3 is 0 Å². The van der Waals surface area contributed by atoms with E-state index in [9.17, 15) is 9.59 Å². The largest absolute Gasteiger partial charge is 0.385 e. The van der Waals surface area contributed by atoms with Gasteiger partial charge in [-0.3, -0.25) is 9.59 Å². The molecule has 0 spiro atoms. The van der Waals surface area contributed by atoms with Gasteiger partial charge in [-0.2, -0.15) is 0 Å². The van der Waals surface area contributed by atoms with E-state index in [4.69, 9.17) is 4.74 Å². The van der Waals surface area contributed by atoms with Gasteiger partial charge in [0.05, 0.1) is 0 Å². The number of piperazine rings is 1. The Labute approximate surface area is 127 Å². The molecule has 1 N–H and O–H groups in total. The van der Waals surface area contributed by atoms with Crippen molar-refractivity contribution in [3.8, 4) is 0 Å². The summed E-state index contributed by atoms with van der Waals surface area (Å²) in [5.74, 6) is 0.327. The fourth-order valence-corrected chi connectivity index (χ4v) is 3.36. The molecule has 0 bridgehead atoms. The Balaban J connectivity index is 2.35. The van der Waals surface area contributed by atoms with E-state index in [1.807, 2.05) is 32.6 Å². The van der Waals surface area contributed by atoms with Gasteiger partial charge in [0.15, 0.2) is 0 Å². The molecule has 3 unspecified atom stereocenters. The zero-order chi connectivity index (χ0) is 15.8. The molecular formula is C16H28N2O3. The fraction of sp³-hybridized carbons (Fsp3) is 0.875. The molecule has 3 atom stereocenters. The average Bonchev–Trinajstić information content (AvgIpc) is 3.28. The van der Waals surface area contributed by atoms with Gasteiger partial charge < -0.3 is 15.0 Å². The Hall–Kier alpha value is -1.10. The lowest BCUT2D eigenvalue weighted by atomic mass is 9.81. The van der Waals surface area contributed by atoms with E-state index in [1.165, 1.54) is 0 Å². The first kappa shape index (κ1) is 16.3. The van der Waals surface area contributed by atoms with E-state index in [-0.39, 0.29) is 23.8 Å². The summed E-state index contributed by atoms with van der Waals surface area (Å²) >= 11 is 0. The predicted octanol–water partition coefficient (Wildman–Crippen LogP) is 1.71. The number of carbonyl (C=O) groups is 2. The van der Waals surface area contributed by atoms with Crippen molar-refractivity contribution in [2.24, 2.45) is 5.92 Å². The van der Waals surface area contributed by atoms with Gasteiger partial charge in [0.1, 0.15) is 11.1 Å². The second-order valence-electron chi connectivity index (χ2n) is 6.87. The van der Waals surface area contributed by atoms with Gasteiger partial charge in [-0.05, 0) is 52.4 Å². The summed E-state index contributed by atoms with van der Waals surface area (Å²) < 4.78 is 5.15. The average molecular weight is 296 g/mol. The maximum Gasteiger partial charge on any atom is 0.249 e. The summed E-state index contributed by atoms with van der Waals surface area (Å²) in [7, 11) is 1.66. The summed E-state index contributed by atoms with van der Waals surface area (Å²) in [5, 5.41) is 2.98. The standard InChI is InChI=1S/C16H28N2O3/c1-6-15(3)14(20)18(11(2)9-10-21-5)16(4,12-7-8-12)13(19)17-15/h11-12H,6-10H2,1-5H3,(H,17,19). The maximum atomic E-state index is 13.0. The van der Waals surface area contributed by atoms with Crippen LogP contribution in [0.15, 0.2) is 0 Å². The van der Waals surface area contributed by atoms with Gasteiger partial charge in [-0.15, -0.1) is 0 Å². The lowest BCUT2D eigenvalue weighted by Crippen LogP contribution is -2.76. The first-order valence-electron chi connectivity index (χ1n) is 7.96. The molecule has 1 saturated heterocycles. The van der Waals surface area contributed by atoms with Crippen molar-refractivity contribution in [1.82, 2.24) is 10.2 Å². The minimum absolute atomic E-state index is 0.0000231. The van der Waals surface area contributed by atoms with E-state index in [0.717, 1.165) is 19.3 Å². The van der Waals surface area contributed by atoms with E-state index in [1.54, 1.807) is 7.11 Å². The summed E-state index contributed by atoms with van der Waals surface area (Å²) in [6.45, 7) is 8.31. The van der Waals surface area contributed by atoms with E-state index in [2.05, 4.69) is 5.32 Å². The smallest absolute Gasteiger partial charge is 0.249 e. The zero-order valence-corrected chi connectivity index (χ0v) is 13.9. The Morgan fingerprint density at radius 1 is 1.38 bits per heavy atom. The van der Waals surface area contributed by atoms with Crippen molar-refractivity contribution >= 4 is 11.8 Å². The number of hydrogen-bond donors (Lipinski definition) is 1. The molecule has 21 heavy (non-hydrogen) atoms. The SMILES string of the molecule is CCC1(C)NC(=O)C(C)(C2CC2)N(C(C)CCOC)C1=O. The van der Waals surface area contributed by atoms with Crippen molar-refractivity contribution in [2.45, 2.75) is 70.5 Å². The van der Waals surface area contributed by atoms with Crippen LogP contribution in [-0.2, 0) is 14.3 Å². The lowest BCUT2D eigenvalue weighted by Gasteiger charge is -2.52. The number of nitrogens with one attached hydrogen (secondary N) is 1. The Morgan fingerprint density at radius 3 is 2.48 bits per heavy atom. The minimum atomic E-state index is -0.785. The van der Waals surface area contributed by atoms with Crippen LogP contribution in [0.25, 0.3) is 0 Å². The molecule has 0 aromatic heterocycles. The molecule has 5 heteroatoms. The number of rotatable bonds is 6. The maximum absolute atomic E-state index is 13.0. The summed E-state index contributed by atoms with van der Waals surface area (Å²) in [5.41, 5.74) is -1.49. The number of amides is 2. The van der Waals surface area contributed by atoms with Crippen molar-refractivity contribution in [3.05, 3.63) is 0 Å². The molecular weight excluding hydrogens is 268 g/mol. The quantitative estimate of drug-likeness (QED) is 0.812. The number of carbonyl (C=O) groups excluding carboxylic acids is 2. The number of ether oxygens (including phenoxy) is 1. The Kier molecular flexibility index (Phi) is 4.34. The topological polar surface area (TPSA) is 58.6 Å². The third-order valence-corrected chi connectivity index (χ3v) is 5.30. The molecule has 0 radical (unpaired) electrons. The molecule has 2 amide bonds. The highest BCUT2D eigenvalue weighted by molar-refractivity contribution is 6.02. The van der Waals surface area contributed by atoms with E-state index < -0.39 is 11.1 Å². The Bertz CT molecular complexity index is 435. The lowest BCUT2D eigenvalue weighted by molar-refractivity contribution is -0.167. The second kappa shape index (κ2) is 5.59. The fourth-order valence-electron chi connectivity index (χ4n) is 3.36. The van der Waals surface area contributed by atoms with Crippen molar-refractivity contribution in [3.63, 3.8) is 0 Å². The van der Waals surface area contributed by atoms with Crippen LogP contribution in [-0.4, -0.2) is 47.6 Å². The molecule has 120 valence electrons. The molecule has 1 aliphatic heterocycles. The van der Waals surface area contributed by atoms with Crippen molar-refractivity contribution in [2.75, 3.05) is 13.7 Å². The van der Waals surface area contributed by atoms with Crippen LogP contribution in [0.3, 0.4) is 0 Å². The van der Waals surface area contributed by atoms with E-state index >= 15 is 0 Å². The van der Waals surface area contributed by atoms with Crippen LogP contribution in [0.4, 0.5) is 0 Å². The highest BCUT2D eigenvalue weighted by Crippen LogP contribution is 2.47. The monoisotopic (exact) mass is 296 g/mol. The third-order valence-electron chi connectivity index (χ3n) is 5.30. The zero-order valence-electron chi connectivity index (χ0n) is 13.9. The van der Waals surface area contributed by atoms with Crippen LogP contribution in [0.1, 0.15) is 53.4 Å². The number of hydrogen-bond acceptors (Lipinski definition) is 3. The third kappa shape index (κ3) is 2.56. The summed E-state index contributed by atoms with van der Waals surface area (Å²) in [4.78, 5) is 27.7. The number of nitrogens with zero attached hydrogens (tertiary/aromatic N) is 1. The minimum Gasteiger partial charge on any atom is -0.385 e. The highest BCUT2D eigenvalue weighted by atomic mass is 16.5. The number of methoxy groups -OCH3 is 1. The van der Waals surface area contributed by atoms with Crippen LogP contribution >= 0.6 is 0 Å². The molecule has 1 saturated carbocycles. The summed E-state index contributed by atoms with van der Waals surface area (Å²) in [6.07, 6.45) is 3.39. The van der Waals surface area contributed by atoms with Crippen LogP contribution in [0.2, 0.25) is 0 Å². The highest BCUT2D eigenvalue weighted by Gasteiger charge is 2.60. The molecule has 2 rings (SSSR count). The first-order chi connectivity index (χ1) is 9.81. The van der Waals surface area contributed by atoms with Gasteiger partial charge in [0, 0.05) is 19.8 Å².